The molecule has 0 heterocycles. The second kappa shape index (κ2) is 1.67. The lowest BCUT2D eigenvalue weighted by Gasteiger charge is -2.01. The van der Waals surface area contributed by atoms with E-state index in [0.717, 1.165) is 6.42 Å². The molecule has 1 aliphatic carbocycles. The molecule has 0 saturated heterocycles. The van der Waals surface area contributed by atoms with Gasteiger partial charge in [-0.15, -0.1) is 6.58 Å². The van der Waals surface area contributed by atoms with Crippen molar-refractivity contribution in [3.05, 3.63) is 12.7 Å². The van der Waals surface area contributed by atoms with Gasteiger partial charge in [0.2, 0.25) is 0 Å². The first-order valence-corrected chi connectivity index (χ1v) is 3.03. The van der Waals surface area contributed by atoms with Crippen molar-refractivity contribution in [2.24, 2.45) is 11.7 Å². The Balaban J connectivity index is 2.62. The third kappa shape index (κ3) is 0.793. The van der Waals surface area contributed by atoms with E-state index in [2.05, 4.69) is 6.58 Å². The molecule has 1 aliphatic rings. The lowest BCUT2D eigenvalue weighted by molar-refractivity contribution is -0.119. The lowest BCUT2D eigenvalue weighted by atomic mass is 10.1. The fourth-order valence-electron chi connectivity index (χ4n) is 1.00. The van der Waals surface area contributed by atoms with E-state index in [-0.39, 0.29) is 11.7 Å². The topological polar surface area (TPSA) is 43.1 Å². The highest BCUT2D eigenvalue weighted by Crippen LogP contribution is 2.42. The Kier molecular flexibility index (Phi) is 1.21. The number of Topliss-reactive ketones (excluding diaryl/α,β-unsaturated/α-hetero) is 1. The van der Waals surface area contributed by atoms with Crippen LogP contribution in [0.2, 0.25) is 0 Å². The van der Waals surface area contributed by atoms with Gasteiger partial charge in [-0.25, -0.2) is 0 Å². The quantitative estimate of drug-likeness (QED) is 0.545. The molecule has 0 aromatic carbocycles. The Bertz CT molecular complexity index is 164. The first kappa shape index (κ1) is 6.49. The molecule has 0 spiro atoms. The van der Waals surface area contributed by atoms with Crippen LogP contribution in [0.25, 0.3) is 0 Å². The van der Waals surface area contributed by atoms with Crippen molar-refractivity contribution >= 4 is 5.78 Å². The van der Waals surface area contributed by atoms with Crippen molar-refractivity contribution in [1.82, 2.24) is 0 Å². The summed E-state index contributed by atoms with van der Waals surface area (Å²) < 4.78 is 0. The second-order valence-electron chi connectivity index (χ2n) is 2.64. The van der Waals surface area contributed by atoms with E-state index >= 15 is 0 Å². The van der Waals surface area contributed by atoms with Crippen molar-refractivity contribution in [3.8, 4) is 0 Å². The van der Waals surface area contributed by atoms with E-state index in [1.807, 2.05) is 0 Å². The molecule has 2 atom stereocenters. The lowest BCUT2D eigenvalue weighted by Crippen LogP contribution is -2.32. The summed E-state index contributed by atoms with van der Waals surface area (Å²) in [5.41, 5.74) is 5.08. The average Bonchev–Trinajstić information content (AvgIpc) is 2.44. The molecule has 2 N–H and O–H groups in total. The van der Waals surface area contributed by atoms with Gasteiger partial charge in [-0.05, 0) is 13.3 Å². The van der Waals surface area contributed by atoms with E-state index in [0.29, 0.717) is 0 Å². The number of rotatable bonds is 2. The summed E-state index contributed by atoms with van der Waals surface area (Å²) in [6.07, 6.45) is 2.53. The summed E-state index contributed by atoms with van der Waals surface area (Å²) in [6.45, 7) is 5.10. The van der Waals surface area contributed by atoms with Crippen LogP contribution in [0.15, 0.2) is 12.7 Å². The highest BCUT2D eigenvalue weighted by molar-refractivity contribution is 5.90. The molecule has 1 saturated carbocycles. The van der Waals surface area contributed by atoms with Crippen molar-refractivity contribution in [2.75, 3.05) is 0 Å². The largest absolute Gasteiger partial charge is 0.318 e. The minimum Gasteiger partial charge on any atom is -0.318 e. The van der Waals surface area contributed by atoms with Gasteiger partial charge >= 0.3 is 0 Å². The highest BCUT2D eigenvalue weighted by Gasteiger charge is 2.52. The standard InChI is InChI=1S/C7H11NO/c1-3-6-4-7(6,8)5(2)9/h3,6H,1,4,8H2,2H3/t6-,7+/m1/s1. The van der Waals surface area contributed by atoms with Gasteiger partial charge in [-0.2, -0.15) is 0 Å². The van der Waals surface area contributed by atoms with Crippen LogP contribution < -0.4 is 5.73 Å². The fraction of sp³-hybridized carbons (Fsp3) is 0.571. The van der Waals surface area contributed by atoms with E-state index in [1.54, 1.807) is 6.08 Å². The van der Waals surface area contributed by atoms with Crippen LogP contribution in [0.1, 0.15) is 13.3 Å². The van der Waals surface area contributed by atoms with Gasteiger partial charge in [0.15, 0.2) is 0 Å². The molecule has 0 amide bonds. The van der Waals surface area contributed by atoms with Crippen LogP contribution in [0, 0.1) is 5.92 Å². The van der Waals surface area contributed by atoms with Crippen LogP contribution in [-0.4, -0.2) is 11.3 Å². The third-order valence-corrected chi connectivity index (χ3v) is 2.00. The van der Waals surface area contributed by atoms with E-state index in [4.69, 9.17) is 5.73 Å². The fourth-order valence-corrected chi connectivity index (χ4v) is 1.00. The molecule has 0 bridgehead atoms. The molecule has 1 rings (SSSR count). The minimum absolute atomic E-state index is 0.0763. The normalized spacial score (nSPS) is 40.0. The molecule has 9 heavy (non-hydrogen) atoms. The maximum absolute atomic E-state index is 10.7. The van der Waals surface area contributed by atoms with Gasteiger partial charge in [0.05, 0.1) is 5.54 Å². The Hall–Kier alpha value is -0.630. The van der Waals surface area contributed by atoms with Gasteiger partial charge in [-0.1, -0.05) is 6.08 Å². The average molecular weight is 125 g/mol. The molecule has 0 unspecified atom stereocenters. The molecule has 0 aromatic heterocycles. The predicted octanol–water partition coefficient (Wildman–Crippen LogP) is 0.479. The summed E-state index contributed by atoms with van der Waals surface area (Å²) in [7, 11) is 0. The van der Waals surface area contributed by atoms with E-state index in [9.17, 15) is 4.79 Å². The summed E-state index contributed by atoms with van der Waals surface area (Å²) >= 11 is 0. The minimum atomic E-state index is -0.540. The van der Waals surface area contributed by atoms with Crippen molar-refractivity contribution in [1.29, 1.82) is 0 Å². The smallest absolute Gasteiger partial charge is 0.150 e. The zero-order valence-electron chi connectivity index (χ0n) is 5.55. The Labute approximate surface area is 54.7 Å². The van der Waals surface area contributed by atoms with Gasteiger partial charge in [0, 0.05) is 5.92 Å². The molecule has 0 radical (unpaired) electrons. The Morgan fingerprint density at radius 3 is 2.67 bits per heavy atom. The molecule has 2 heteroatoms. The molecule has 0 aromatic rings. The molecule has 1 fully saturated rings. The summed E-state index contributed by atoms with van der Waals surface area (Å²) in [5, 5.41) is 0. The number of carbonyl (C=O) groups excluding carboxylic acids is 1. The molecule has 0 aliphatic heterocycles. The first-order valence-electron chi connectivity index (χ1n) is 3.03. The Morgan fingerprint density at radius 1 is 2.00 bits per heavy atom. The first-order chi connectivity index (χ1) is 4.11. The van der Waals surface area contributed by atoms with Gasteiger partial charge in [-0.3, -0.25) is 4.79 Å². The van der Waals surface area contributed by atoms with Gasteiger partial charge < -0.3 is 5.73 Å². The van der Waals surface area contributed by atoms with Crippen LogP contribution in [-0.2, 0) is 4.79 Å². The third-order valence-electron chi connectivity index (χ3n) is 2.00. The predicted molar refractivity (Wildman–Crippen MR) is 35.9 cm³/mol. The summed E-state index contributed by atoms with van der Waals surface area (Å²) in [5.74, 6) is 0.308. The zero-order chi connectivity index (χ0) is 7.07. The number of nitrogens with two attached hydrogens (primary N) is 1. The monoisotopic (exact) mass is 125 g/mol. The van der Waals surface area contributed by atoms with E-state index < -0.39 is 5.54 Å². The van der Waals surface area contributed by atoms with Crippen LogP contribution in [0.3, 0.4) is 0 Å². The number of hydrogen-bond acceptors (Lipinski definition) is 2. The van der Waals surface area contributed by atoms with E-state index in [1.165, 1.54) is 6.92 Å². The van der Waals surface area contributed by atoms with Crippen LogP contribution in [0.5, 0.6) is 0 Å². The SMILES string of the molecule is C=C[C@@H]1C[C@]1(N)C(C)=O. The highest BCUT2D eigenvalue weighted by atomic mass is 16.1. The van der Waals surface area contributed by atoms with Crippen LogP contribution in [0.4, 0.5) is 0 Å². The molecule has 50 valence electrons. The second-order valence-corrected chi connectivity index (χ2v) is 2.64. The van der Waals surface area contributed by atoms with Gasteiger partial charge in [0.1, 0.15) is 5.78 Å². The maximum Gasteiger partial charge on any atom is 0.150 e. The molecular weight excluding hydrogens is 114 g/mol. The number of hydrogen-bond donors (Lipinski definition) is 1. The van der Waals surface area contributed by atoms with Crippen LogP contribution >= 0.6 is 0 Å². The summed E-state index contributed by atoms with van der Waals surface area (Å²) in [6, 6.07) is 0. The van der Waals surface area contributed by atoms with Crippen molar-refractivity contribution in [2.45, 2.75) is 18.9 Å². The maximum atomic E-state index is 10.7. The molecule has 2 nitrogen and oxygen atoms in total. The van der Waals surface area contributed by atoms with Crippen molar-refractivity contribution < 1.29 is 4.79 Å². The zero-order valence-corrected chi connectivity index (χ0v) is 5.55. The number of carbonyl (C=O) groups is 1. The molecular formula is C7H11NO. The summed E-state index contributed by atoms with van der Waals surface area (Å²) in [4.78, 5) is 10.7. The van der Waals surface area contributed by atoms with Gasteiger partial charge in [0.25, 0.3) is 0 Å². The Morgan fingerprint density at radius 2 is 2.56 bits per heavy atom. The van der Waals surface area contributed by atoms with Crippen molar-refractivity contribution in [3.63, 3.8) is 0 Å². The number of ketones is 1.